The molecule has 5 rings (SSSR count). The fraction of sp³-hybridized carbons (Fsp3) is 0.222. The molecule has 0 radical (unpaired) electrons. The smallest absolute Gasteiger partial charge is 0.244 e. The van der Waals surface area contributed by atoms with Crippen LogP contribution in [0.2, 0.25) is 0 Å². The molecule has 138 valence electrons. The minimum atomic E-state index is -3.55. The van der Waals surface area contributed by atoms with Crippen LogP contribution >= 0.6 is 0 Å². The molecular weight excluding hydrogens is 366 g/mol. The molecule has 9 heteroatoms. The van der Waals surface area contributed by atoms with Crippen molar-refractivity contribution in [1.29, 1.82) is 0 Å². The van der Waals surface area contributed by atoms with Crippen LogP contribution in [-0.2, 0) is 10.0 Å². The molecule has 27 heavy (non-hydrogen) atoms. The van der Waals surface area contributed by atoms with Crippen LogP contribution in [-0.4, -0.2) is 35.9 Å². The molecule has 0 aliphatic carbocycles. The van der Waals surface area contributed by atoms with Gasteiger partial charge in [-0.05, 0) is 37.1 Å². The number of aromatic nitrogens is 3. The number of fused-ring (bicyclic) bond motifs is 3. The summed E-state index contributed by atoms with van der Waals surface area (Å²) in [4.78, 5) is 2.36. The lowest BCUT2D eigenvalue weighted by atomic mass is 10.2. The second kappa shape index (κ2) is 6.07. The highest BCUT2D eigenvalue weighted by Crippen LogP contribution is 2.38. The third-order valence-electron chi connectivity index (χ3n) is 4.84. The molecule has 2 aliphatic rings. The van der Waals surface area contributed by atoms with Crippen LogP contribution < -0.4 is 14.4 Å². The normalized spacial score (nSPS) is 20.1. The zero-order valence-electron chi connectivity index (χ0n) is 14.3. The molecule has 1 fully saturated rings. The number of nitrogens with zero attached hydrogens (tertiary/aromatic N) is 4. The maximum Gasteiger partial charge on any atom is 0.244 e. The quantitative estimate of drug-likeness (QED) is 0.746. The number of nitrogens with one attached hydrogen (secondary N) is 1. The Morgan fingerprint density at radius 3 is 2.74 bits per heavy atom. The van der Waals surface area contributed by atoms with Gasteiger partial charge >= 0.3 is 0 Å². The van der Waals surface area contributed by atoms with Crippen LogP contribution in [0.1, 0.15) is 12.8 Å². The number of ether oxygens (including phenoxy) is 1. The van der Waals surface area contributed by atoms with Gasteiger partial charge in [0.15, 0.2) is 0 Å². The van der Waals surface area contributed by atoms with E-state index < -0.39 is 10.0 Å². The molecule has 1 aromatic heterocycles. The van der Waals surface area contributed by atoms with Crippen molar-refractivity contribution < 1.29 is 13.2 Å². The van der Waals surface area contributed by atoms with E-state index in [9.17, 15) is 8.42 Å². The van der Waals surface area contributed by atoms with Gasteiger partial charge < -0.3 is 9.64 Å². The van der Waals surface area contributed by atoms with Gasteiger partial charge in [-0.25, -0.2) is 8.42 Å². The van der Waals surface area contributed by atoms with E-state index in [2.05, 4.69) is 19.8 Å². The SMILES string of the molecule is O=S1(=O)NC2CCCN2c2ccc(Oc3cccc(-n4cnnc4)c3)cc21. The number of anilines is 1. The molecule has 0 amide bonds. The first kappa shape index (κ1) is 16.3. The van der Waals surface area contributed by atoms with Crippen molar-refractivity contribution in [2.24, 2.45) is 0 Å². The monoisotopic (exact) mass is 383 g/mol. The summed E-state index contributed by atoms with van der Waals surface area (Å²) >= 11 is 0. The number of rotatable bonds is 3. The fourth-order valence-electron chi connectivity index (χ4n) is 3.61. The molecule has 0 spiro atoms. The van der Waals surface area contributed by atoms with E-state index in [0.29, 0.717) is 11.5 Å². The molecule has 3 aromatic rings. The number of hydrogen-bond donors (Lipinski definition) is 1. The second-order valence-electron chi connectivity index (χ2n) is 6.57. The minimum Gasteiger partial charge on any atom is -0.457 e. The lowest BCUT2D eigenvalue weighted by Crippen LogP contribution is -2.48. The Kier molecular flexibility index (Phi) is 3.66. The van der Waals surface area contributed by atoms with E-state index >= 15 is 0 Å². The third kappa shape index (κ3) is 2.84. The van der Waals surface area contributed by atoms with E-state index in [1.807, 2.05) is 30.3 Å². The summed E-state index contributed by atoms with van der Waals surface area (Å²) in [5.41, 5.74) is 1.59. The fourth-order valence-corrected chi connectivity index (χ4v) is 5.07. The lowest BCUT2D eigenvalue weighted by molar-refractivity contribution is 0.478. The van der Waals surface area contributed by atoms with E-state index in [4.69, 9.17) is 4.74 Å². The van der Waals surface area contributed by atoms with Crippen LogP contribution in [0.3, 0.4) is 0 Å². The summed E-state index contributed by atoms with van der Waals surface area (Å²) < 4.78 is 35.7. The van der Waals surface area contributed by atoms with E-state index in [0.717, 1.165) is 30.8 Å². The molecule has 2 aliphatic heterocycles. The van der Waals surface area contributed by atoms with Crippen molar-refractivity contribution in [3.8, 4) is 17.2 Å². The van der Waals surface area contributed by atoms with Gasteiger partial charge in [0.05, 0.1) is 17.5 Å². The Balaban J connectivity index is 1.48. The first-order valence-electron chi connectivity index (χ1n) is 8.66. The molecule has 8 nitrogen and oxygen atoms in total. The average molecular weight is 383 g/mol. The minimum absolute atomic E-state index is 0.144. The van der Waals surface area contributed by atoms with Crippen molar-refractivity contribution >= 4 is 15.7 Å². The van der Waals surface area contributed by atoms with Gasteiger partial charge in [-0.3, -0.25) is 4.57 Å². The molecule has 0 bridgehead atoms. The van der Waals surface area contributed by atoms with Gasteiger partial charge in [-0.15, -0.1) is 10.2 Å². The Morgan fingerprint density at radius 1 is 1.07 bits per heavy atom. The molecule has 1 N–H and O–H groups in total. The molecule has 0 saturated carbocycles. The molecular formula is C18H17N5O3S. The van der Waals surface area contributed by atoms with Gasteiger partial charge in [0, 0.05) is 18.7 Å². The van der Waals surface area contributed by atoms with Gasteiger partial charge in [0.1, 0.15) is 29.0 Å². The first-order chi connectivity index (χ1) is 13.1. The first-order valence-corrected chi connectivity index (χ1v) is 10.1. The van der Waals surface area contributed by atoms with Crippen molar-refractivity contribution in [2.75, 3.05) is 11.4 Å². The summed E-state index contributed by atoms with van der Waals surface area (Å²) in [6, 6.07) is 12.6. The molecule has 1 unspecified atom stereocenters. The highest BCUT2D eigenvalue weighted by atomic mass is 32.2. The largest absolute Gasteiger partial charge is 0.457 e. The topological polar surface area (TPSA) is 89.4 Å². The predicted molar refractivity (Wildman–Crippen MR) is 98.6 cm³/mol. The third-order valence-corrected chi connectivity index (χ3v) is 6.33. The Bertz CT molecular complexity index is 1100. The Hall–Kier alpha value is -2.91. The maximum absolute atomic E-state index is 12.6. The number of sulfonamides is 1. The average Bonchev–Trinajstić information content (AvgIpc) is 3.33. The van der Waals surface area contributed by atoms with Gasteiger partial charge in [0.2, 0.25) is 10.0 Å². The van der Waals surface area contributed by atoms with Crippen LogP contribution in [0.5, 0.6) is 11.5 Å². The van der Waals surface area contributed by atoms with Crippen LogP contribution in [0.4, 0.5) is 5.69 Å². The van der Waals surface area contributed by atoms with Crippen molar-refractivity contribution in [2.45, 2.75) is 23.9 Å². The summed E-state index contributed by atoms with van der Waals surface area (Å²) in [5.74, 6) is 1.07. The molecule has 3 heterocycles. The standard InChI is InChI=1S/C18H17N5O3S/c24-27(25)17-10-15(6-7-16(17)23-8-2-5-18(23)21-27)26-14-4-1-3-13(9-14)22-11-19-20-12-22/h1,3-4,6-7,9-12,18,21H,2,5,8H2. The van der Waals surface area contributed by atoms with E-state index in [1.165, 1.54) is 0 Å². The zero-order valence-corrected chi connectivity index (χ0v) is 15.1. The van der Waals surface area contributed by atoms with E-state index in [-0.39, 0.29) is 11.1 Å². The summed E-state index contributed by atoms with van der Waals surface area (Å²) in [6.45, 7) is 0.849. The Labute approximate surface area is 156 Å². The van der Waals surface area contributed by atoms with Crippen molar-refractivity contribution in [3.63, 3.8) is 0 Å². The van der Waals surface area contributed by atoms with Crippen LogP contribution in [0, 0.1) is 0 Å². The summed E-state index contributed by atoms with van der Waals surface area (Å²) in [7, 11) is -3.55. The summed E-state index contributed by atoms with van der Waals surface area (Å²) in [5, 5.41) is 7.59. The molecule has 1 saturated heterocycles. The number of hydrogen-bond acceptors (Lipinski definition) is 6. The Morgan fingerprint density at radius 2 is 1.89 bits per heavy atom. The summed E-state index contributed by atoms with van der Waals surface area (Å²) in [6.07, 6.45) is 4.86. The van der Waals surface area contributed by atoms with Crippen LogP contribution in [0.15, 0.2) is 60.0 Å². The van der Waals surface area contributed by atoms with Gasteiger partial charge in [-0.2, -0.15) is 4.72 Å². The molecule has 1 atom stereocenters. The highest BCUT2D eigenvalue weighted by Gasteiger charge is 2.37. The van der Waals surface area contributed by atoms with E-state index in [1.54, 1.807) is 29.4 Å². The van der Waals surface area contributed by atoms with Crippen molar-refractivity contribution in [3.05, 3.63) is 55.1 Å². The maximum atomic E-state index is 12.6. The highest BCUT2D eigenvalue weighted by molar-refractivity contribution is 7.89. The van der Waals surface area contributed by atoms with Gasteiger partial charge in [0.25, 0.3) is 0 Å². The number of benzene rings is 2. The zero-order chi connectivity index (χ0) is 18.4. The lowest BCUT2D eigenvalue weighted by Gasteiger charge is -2.33. The molecule has 2 aromatic carbocycles. The van der Waals surface area contributed by atoms with Crippen molar-refractivity contribution in [1.82, 2.24) is 19.5 Å². The second-order valence-corrected chi connectivity index (χ2v) is 8.25. The predicted octanol–water partition coefficient (Wildman–Crippen LogP) is 2.28. The van der Waals surface area contributed by atoms with Gasteiger partial charge in [-0.1, -0.05) is 6.07 Å². The van der Waals surface area contributed by atoms with Crippen LogP contribution in [0.25, 0.3) is 5.69 Å².